The molecular formula is C11H8O5. The van der Waals surface area contributed by atoms with Gasteiger partial charge in [0.15, 0.2) is 0 Å². The van der Waals surface area contributed by atoms with E-state index in [4.69, 9.17) is 9.52 Å². The van der Waals surface area contributed by atoms with Gasteiger partial charge in [0.25, 0.3) is 0 Å². The molecule has 2 rings (SSSR count). The van der Waals surface area contributed by atoms with Crippen LogP contribution in [0.15, 0.2) is 22.6 Å². The number of hydrogen-bond donors (Lipinski definition) is 2. The molecule has 2 N–H and O–H groups in total. The number of phenols is 1. The molecule has 0 spiro atoms. The highest BCUT2D eigenvalue weighted by Gasteiger charge is 2.15. The number of aromatic hydroxyl groups is 1. The van der Waals surface area contributed by atoms with Gasteiger partial charge in [-0.2, -0.15) is 0 Å². The molecule has 1 heterocycles. The van der Waals surface area contributed by atoms with Crippen LogP contribution >= 0.6 is 0 Å². The van der Waals surface area contributed by atoms with Crippen LogP contribution in [0.1, 0.15) is 16.1 Å². The van der Waals surface area contributed by atoms with E-state index in [1.54, 1.807) is 0 Å². The number of carboxylic acid groups (broad SMARTS) is 1. The van der Waals surface area contributed by atoms with Crippen LogP contribution in [0.4, 0.5) is 0 Å². The van der Waals surface area contributed by atoms with Crippen molar-refractivity contribution in [2.75, 3.05) is 0 Å². The van der Waals surface area contributed by atoms with Crippen LogP contribution in [-0.2, 0) is 11.2 Å². The second-order valence-electron chi connectivity index (χ2n) is 3.26. The van der Waals surface area contributed by atoms with E-state index in [0.29, 0.717) is 22.8 Å². The number of benzene rings is 1. The zero-order chi connectivity index (χ0) is 11.7. The molecule has 5 nitrogen and oxygen atoms in total. The van der Waals surface area contributed by atoms with Crippen LogP contribution in [-0.4, -0.2) is 22.5 Å². The molecule has 2 aromatic rings. The average Bonchev–Trinajstić information content (AvgIpc) is 2.66. The summed E-state index contributed by atoms with van der Waals surface area (Å²) < 4.78 is 5.04. The summed E-state index contributed by atoms with van der Waals surface area (Å²) in [6.45, 7) is 0. The van der Waals surface area contributed by atoms with Crippen LogP contribution in [0, 0.1) is 0 Å². The lowest BCUT2D eigenvalue weighted by molar-refractivity contribution is -0.107. The van der Waals surface area contributed by atoms with E-state index in [2.05, 4.69) is 0 Å². The molecular weight excluding hydrogens is 212 g/mol. The predicted octanol–water partition coefficient (Wildman–Crippen LogP) is 1.58. The molecule has 16 heavy (non-hydrogen) atoms. The fourth-order valence-electron chi connectivity index (χ4n) is 1.56. The number of carbonyl (C=O) groups excluding carboxylic acids is 1. The summed E-state index contributed by atoms with van der Waals surface area (Å²) in [5, 5.41) is 18.7. The lowest BCUT2D eigenvalue weighted by atomic mass is 10.1. The van der Waals surface area contributed by atoms with Gasteiger partial charge in [-0.1, -0.05) is 0 Å². The molecule has 0 aliphatic heterocycles. The maximum absolute atomic E-state index is 10.7. The Bertz CT molecular complexity index is 567. The highest BCUT2D eigenvalue weighted by Crippen LogP contribution is 2.29. The molecule has 0 unspecified atom stereocenters. The average molecular weight is 220 g/mol. The van der Waals surface area contributed by atoms with Crippen molar-refractivity contribution in [3.63, 3.8) is 0 Å². The molecule has 0 amide bonds. The van der Waals surface area contributed by atoms with Gasteiger partial charge in [-0.15, -0.1) is 0 Å². The monoisotopic (exact) mass is 220 g/mol. The van der Waals surface area contributed by atoms with Gasteiger partial charge in [0.2, 0.25) is 5.76 Å². The highest BCUT2D eigenvalue weighted by molar-refractivity contribution is 5.94. The molecule has 82 valence electrons. The molecule has 0 saturated heterocycles. The molecule has 0 atom stereocenters. The van der Waals surface area contributed by atoms with Gasteiger partial charge in [-0.25, -0.2) is 4.79 Å². The second-order valence-corrected chi connectivity index (χ2v) is 3.26. The molecule has 0 radical (unpaired) electrons. The van der Waals surface area contributed by atoms with Crippen LogP contribution in [0.2, 0.25) is 0 Å². The first kappa shape index (κ1) is 10.2. The van der Waals surface area contributed by atoms with E-state index in [-0.39, 0.29) is 17.9 Å². The highest BCUT2D eigenvalue weighted by atomic mass is 16.4. The van der Waals surface area contributed by atoms with Crippen LogP contribution in [0.5, 0.6) is 5.75 Å². The lowest BCUT2D eigenvalue weighted by Crippen LogP contribution is -1.91. The predicted molar refractivity (Wildman–Crippen MR) is 54.6 cm³/mol. The van der Waals surface area contributed by atoms with Crippen molar-refractivity contribution in [2.24, 2.45) is 0 Å². The number of furan rings is 1. The van der Waals surface area contributed by atoms with Crippen molar-refractivity contribution in [3.8, 4) is 5.75 Å². The van der Waals surface area contributed by atoms with E-state index in [0.717, 1.165) is 0 Å². The molecule has 1 aromatic heterocycles. The number of hydrogen-bond acceptors (Lipinski definition) is 4. The maximum Gasteiger partial charge on any atom is 0.371 e. The Kier molecular flexibility index (Phi) is 2.36. The number of phenolic OH excluding ortho intramolecular Hbond substituents is 1. The summed E-state index contributed by atoms with van der Waals surface area (Å²) in [6, 6.07) is 4.14. The Hall–Kier alpha value is -2.30. The smallest absolute Gasteiger partial charge is 0.371 e. The fraction of sp³-hybridized carbons (Fsp3) is 0.0909. The van der Waals surface area contributed by atoms with Gasteiger partial charge in [0.1, 0.15) is 17.6 Å². The first-order chi connectivity index (χ1) is 7.63. The van der Waals surface area contributed by atoms with Crippen molar-refractivity contribution >= 4 is 23.2 Å². The number of carboxylic acids is 1. The first-order valence-corrected chi connectivity index (χ1v) is 4.55. The molecule has 0 aliphatic carbocycles. The van der Waals surface area contributed by atoms with E-state index in [1.165, 1.54) is 18.2 Å². The summed E-state index contributed by atoms with van der Waals surface area (Å²) in [7, 11) is 0. The standard InChI is InChI=1S/C11H8O5/c12-4-3-6-7-5-10(11(14)15)16-9(7)2-1-8(6)13/h1-2,4-5,13H,3H2,(H,14,15). The molecule has 0 fully saturated rings. The second kappa shape index (κ2) is 3.69. The zero-order valence-electron chi connectivity index (χ0n) is 8.14. The van der Waals surface area contributed by atoms with E-state index in [9.17, 15) is 14.7 Å². The van der Waals surface area contributed by atoms with Gasteiger partial charge in [0, 0.05) is 17.4 Å². The Morgan fingerprint density at radius 2 is 2.19 bits per heavy atom. The van der Waals surface area contributed by atoms with Crippen molar-refractivity contribution in [2.45, 2.75) is 6.42 Å². The number of carbonyl (C=O) groups is 2. The van der Waals surface area contributed by atoms with Crippen molar-refractivity contribution in [3.05, 3.63) is 29.5 Å². The Morgan fingerprint density at radius 3 is 2.81 bits per heavy atom. The van der Waals surface area contributed by atoms with E-state index in [1.807, 2.05) is 0 Å². The molecule has 5 heteroatoms. The van der Waals surface area contributed by atoms with Gasteiger partial charge >= 0.3 is 5.97 Å². The van der Waals surface area contributed by atoms with Gasteiger partial charge < -0.3 is 19.4 Å². The molecule has 1 aromatic carbocycles. The molecule has 0 saturated carbocycles. The third-order valence-electron chi connectivity index (χ3n) is 2.29. The Labute approximate surface area is 89.9 Å². The lowest BCUT2D eigenvalue weighted by Gasteiger charge is -2.00. The fourth-order valence-corrected chi connectivity index (χ4v) is 1.56. The SMILES string of the molecule is O=CCc1c(O)ccc2oc(C(=O)O)cc12. The van der Waals surface area contributed by atoms with Gasteiger partial charge in [-0.3, -0.25) is 0 Å². The number of aldehydes is 1. The first-order valence-electron chi connectivity index (χ1n) is 4.55. The minimum absolute atomic E-state index is 0.0156. The minimum Gasteiger partial charge on any atom is -0.508 e. The normalized spacial score (nSPS) is 10.5. The number of aromatic carboxylic acids is 1. The van der Waals surface area contributed by atoms with Gasteiger partial charge in [0.05, 0.1) is 0 Å². The largest absolute Gasteiger partial charge is 0.508 e. The third-order valence-corrected chi connectivity index (χ3v) is 2.29. The Morgan fingerprint density at radius 1 is 1.44 bits per heavy atom. The van der Waals surface area contributed by atoms with Crippen LogP contribution < -0.4 is 0 Å². The summed E-state index contributed by atoms with van der Waals surface area (Å²) in [5.74, 6) is -1.45. The maximum atomic E-state index is 10.7. The zero-order valence-corrected chi connectivity index (χ0v) is 8.14. The van der Waals surface area contributed by atoms with Crippen molar-refractivity contribution < 1.29 is 24.2 Å². The molecule has 0 bridgehead atoms. The summed E-state index contributed by atoms with van der Waals surface area (Å²) in [5.41, 5.74) is 0.718. The summed E-state index contributed by atoms with van der Waals surface area (Å²) in [4.78, 5) is 21.2. The van der Waals surface area contributed by atoms with E-state index >= 15 is 0 Å². The van der Waals surface area contributed by atoms with Crippen molar-refractivity contribution in [1.29, 1.82) is 0 Å². The van der Waals surface area contributed by atoms with E-state index < -0.39 is 5.97 Å². The van der Waals surface area contributed by atoms with Crippen LogP contribution in [0.3, 0.4) is 0 Å². The quantitative estimate of drug-likeness (QED) is 0.766. The minimum atomic E-state index is -1.19. The summed E-state index contributed by atoms with van der Waals surface area (Å²) >= 11 is 0. The molecule has 0 aliphatic rings. The number of rotatable bonds is 3. The topological polar surface area (TPSA) is 87.7 Å². The van der Waals surface area contributed by atoms with Crippen molar-refractivity contribution in [1.82, 2.24) is 0 Å². The van der Waals surface area contributed by atoms with Gasteiger partial charge in [-0.05, 0) is 18.2 Å². The number of fused-ring (bicyclic) bond motifs is 1. The summed E-state index contributed by atoms with van der Waals surface area (Å²) in [6.07, 6.45) is 0.656. The van der Waals surface area contributed by atoms with Crippen LogP contribution in [0.25, 0.3) is 11.0 Å². The third kappa shape index (κ3) is 1.52. The Balaban J connectivity index is 2.71.